The molecular formula is C16H17N3O4. The number of benzene rings is 1. The lowest BCUT2D eigenvalue weighted by Gasteiger charge is -2.20. The summed E-state index contributed by atoms with van der Waals surface area (Å²) in [5.41, 5.74) is 1.88. The van der Waals surface area contributed by atoms with Crippen LogP contribution in [0.15, 0.2) is 41.0 Å². The van der Waals surface area contributed by atoms with Crippen LogP contribution in [-0.4, -0.2) is 23.9 Å². The number of carbonyl (C=O) groups excluding carboxylic acids is 1. The maximum Gasteiger partial charge on any atom is 0.269 e. The zero-order valence-electron chi connectivity index (χ0n) is 12.7. The minimum atomic E-state index is -0.402. The van der Waals surface area contributed by atoms with Gasteiger partial charge in [0.15, 0.2) is 0 Å². The number of rotatable bonds is 5. The van der Waals surface area contributed by atoms with Crippen molar-refractivity contribution in [1.29, 1.82) is 0 Å². The van der Waals surface area contributed by atoms with Crippen LogP contribution < -0.4 is 10.2 Å². The van der Waals surface area contributed by atoms with Gasteiger partial charge in [-0.3, -0.25) is 14.9 Å². The third kappa shape index (κ3) is 3.18. The summed E-state index contributed by atoms with van der Waals surface area (Å²) in [6.45, 7) is 2.76. The molecule has 0 unspecified atom stereocenters. The summed E-state index contributed by atoms with van der Waals surface area (Å²) in [5, 5.41) is 13.7. The number of anilines is 1. The highest BCUT2D eigenvalue weighted by atomic mass is 16.6. The van der Waals surface area contributed by atoms with E-state index < -0.39 is 4.92 Å². The van der Waals surface area contributed by atoms with Crippen molar-refractivity contribution in [2.75, 3.05) is 18.0 Å². The van der Waals surface area contributed by atoms with E-state index in [-0.39, 0.29) is 24.2 Å². The van der Waals surface area contributed by atoms with Gasteiger partial charge in [0.1, 0.15) is 5.76 Å². The quantitative estimate of drug-likeness (QED) is 0.676. The number of hydrogen-bond acceptors (Lipinski definition) is 5. The Morgan fingerprint density at radius 1 is 1.48 bits per heavy atom. The van der Waals surface area contributed by atoms with Crippen LogP contribution in [0.5, 0.6) is 0 Å². The van der Waals surface area contributed by atoms with Crippen molar-refractivity contribution in [2.45, 2.75) is 19.4 Å². The SMILES string of the molecule is C[C@@H](NC(=O)CN1CCc2cc([N+](=O)[O-])ccc21)c1ccco1. The number of carbonyl (C=O) groups is 1. The number of nitro benzene ring substituents is 1. The van der Waals surface area contributed by atoms with Gasteiger partial charge in [0, 0.05) is 24.4 Å². The molecule has 1 aliphatic rings. The Hall–Kier alpha value is -2.83. The van der Waals surface area contributed by atoms with Gasteiger partial charge in [0.05, 0.1) is 23.8 Å². The molecule has 1 N–H and O–H groups in total. The summed E-state index contributed by atoms with van der Waals surface area (Å²) in [5.74, 6) is 0.593. The number of nitrogens with one attached hydrogen (secondary N) is 1. The highest BCUT2D eigenvalue weighted by Gasteiger charge is 2.24. The van der Waals surface area contributed by atoms with Gasteiger partial charge < -0.3 is 14.6 Å². The number of furan rings is 1. The van der Waals surface area contributed by atoms with Crippen LogP contribution in [-0.2, 0) is 11.2 Å². The monoisotopic (exact) mass is 315 g/mol. The lowest BCUT2D eigenvalue weighted by Crippen LogP contribution is -2.37. The highest BCUT2D eigenvalue weighted by molar-refractivity contribution is 5.82. The van der Waals surface area contributed by atoms with Gasteiger partial charge in [-0.15, -0.1) is 0 Å². The van der Waals surface area contributed by atoms with Crippen molar-refractivity contribution in [3.63, 3.8) is 0 Å². The van der Waals surface area contributed by atoms with Crippen LogP contribution in [0.25, 0.3) is 0 Å². The Labute approximate surface area is 133 Å². The average molecular weight is 315 g/mol. The van der Waals surface area contributed by atoms with Crippen molar-refractivity contribution in [3.05, 3.63) is 58.0 Å². The van der Waals surface area contributed by atoms with E-state index in [0.29, 0.717) is 18.7 Å². The van der Waals surface area contributed by atoms with Gasteiger partial charge in [-0.1, -0.05) is 0 Å². The average Bonchev–Trinajstić information content (AvgIpc) is 3.16. The maximum absolute atomic E-state index is 12.2. The molecule has 120 valence electrons. The van der Waals surface area contributed by atoms with E-state index in [4.69, 9.17) is 4.42 Å². The first-order valence-corrected chi connectivity index (χ1v) is 7.39. The fourth-order valence-corrected chi connectivity index (χ4v) is 2.80. The van der Waals surface area contributed by atoms with Crippen LogP contribution in [0.1, 0.15) is 24.3 Å². The molecule has 1 atom stereocenters. The van der Waals surface area contributed by atoms with Crippen LogP contribution in [0.3, 0.4) is 0 Å². The van der Waals surface area contributed by atoms with Gasteiger partial charge in [0.25, 0.3) is 5.69 Å². The highest BCUT2D eigenvalue weighted by Crippen LogP contribution is 2.30. The van der Waals surface area contributed by atoms with Crippen molar-refractivity contribution in [3.8, 4) is 0 Å². The first-order chi connectivity index (χ1) is 11.0. The molecule has 1 aromatic heterocycles. The predicted molar refractivity (Wildman–Crippen MR) is 84.3 cm³/mol. The summed E-state index contributed by atoms with van der Waals surface area (Å²) in [7, 11) is 0. The molecule has 7 nitrogen and oxygen atoms in total. The molecule has 1 amide bonds. The molecule has 2 heterocycles. The summed E-state index contributed by atoms with van der Waals surface area (Å²) >= 11 is 0. The maximum atomic E-state index is 12.2. The van der Waals surface area contributed by atoms with E-state index in [0.717, 1.165) is 11.3 Å². The van der Waals surface area contributed by atoms with E-state index in [1.165, 1.54) is 6.07 Å². The molecule has 23 heavy (non-hydrogen) atoms. The van der Waals surface area contributed by atoms with Crippen LogP contribution in [0.4, 0.5) is 11.4 Å². The Kier molecular flexibility index (Phi) is 4.01. The van der Waals surface area contributed by atoms with E-state index in [1.54, 1.807) is 24.5 Å². The van der Waals surface area contributed by atoms with Gasteiger partial charge >= 0.3 is 0 Å². The second-order valence-electron chi connectivity index (χ2n) is 5.55. The number of nitrogens with zero attached hydrogens (tertiary/aromatic N) is 2. The van der Waals surface area contributed by atoms with Gasteiger partial charge in [0.2, 0.25) is 5.91 Å². The van der Waals surface area contributed by atoms with Gasteiger partial charge in [-0.2, -0.15) is 0 Å². The fourth-order valence-electron chi connectivity index (χ4n) is 2.80. The minimum Gasteiger partial charge on any atom is -0.467 e. The molecular weight excluding hydrogens is 298 g/mol. The zero-order chi connectivity index (χ0) is 16.4. The second-order valence-corrected chi connectivity index (χ2v) is 5.55. The third-order valence-electron chi connectivity index (χ3n) is 3.95. The molecule has 0 fully saturated rings. The second kappa shape index (κ2) is 6.12. The van der Waals surface area contributed by atoms with E-state index in [1.807, 2.05) is 17.9 Å². The first kappa shape index (κ1) is 15.1. The summed E-state index contributed by atoms with van der Waals surface area (Å²) in [6.07, 6.45) is 2.28. The molecule has 0 bridgehead atoms. The van der Waals surface area contributed by atoms with Crippen molar-refractivity contribution >= 4 is 17.3 Å². The number of hydrogen-bond donors (Lipinski definition) is 1. The molecule has 2 aromatic rings. The van der Waals surface area contributed by atoms with E-state index >= 15 is 0 Å². The molecule has 1 aromatic carbocycles. The minimum absolute atomic E-state index is 0.0847. The predicted octanol–water partition coefficient (Wildman–Crippen LogP) is 2.43. The lowest BCUT2D eigenvalue weighted by molar-refractivity contribution is -0.384. The van der Waals surface area contributed by atoms with E-state index in [9.17, 15) is 14.9 Å². The van der Waals surface area contributed by atoms with Crippen LogP contribution in [0, 0.1) is 10.1 Å². The lowest BCUT2D eigenvalue weighted by atomic mass is 10.1. The molecule has 1 aliphatic heterocycles. The Morgan fingerprint density at radius 2 is 2.30 bits per heavy atom. The Balaban J connectivity index is 1.64. The normalized spacial score (nSPS) is 14.4. The van der Waals surface area contributed by atoms with Crippen molar-refractivity contribution < 1.29 is 14.1 Å². The van der Waals surface area contributed by atoms with Gasteiger partial charge in [-0.25, -0.2) is 0 Å². The molecule has 0 aliphatic carbocycles. The molecule has 3 rings (SSSR count). The molecule has 0 spiro atoms. The Bertz CT molecular complexity index is 727. The molecule has 0 radical (unpaired) electrons. The first-order valence-electron chi connectivity index (χ1n) is 7.39. The van der Waals surface area contributed by atoms with Gasteiger partial charge in [-0.05, 0) is 37.1 Å². The van der Waals surface area contributed by atoms with Crippen molar-refractivity contribution in [2.24, 2.45) is 0 Å². The fraction of sp³-hybridized carbons (Fsp3) is 0.312. The standard InChI is InChI=1S/C16H17N3O4/c1-11(15-3-2-8-23-15)17-16(20)10-18-7-6-12-9-13(19(21)22)4-5-14(12)18/h2-5,8-9,11H,6-7,10H2,1H3,(H,17,20)/t11-/m1/s1. The summed E-state index contributed by atoms with van der Waals surface area (Å²) < 4.78 is 5.27. The Morgan fingerprint density at radius 3 is 3.00 bits per heavy atom. The number of amides is 1. The molecule has 7 heteroatoms. The third-order valence-corrected chi connectivity index (χ3v) is 3.95. The van der Waals surface area contributed by atoms with Crippen LogP contribution >= 0.6 is 0 Å². The van der Waals surface area contributed by atoms with Crippen LogP contribution in [0.2, 0.25) is 0 Å². The smallest absolute Gasteiger partial charge is 0.269 e. The number of nitro groups is 1. The molecule has 0 saturated carbocycles. The van der Waals surface area contributed by atoms with E-state index in [2.05, 4.69) is 5.32 Å². The summed E-state index contributed by atoms with van der Waals surface area (Å²) in [4.78, 5) is 24.5. The topological polar surface area (TPSA) is 88.6 Å². The number of non-ortho nitro benzene ring substituents is 1. The summed E-state index contributed by atoms with van der Waals surface area (Å²) in [6, 6.07) is 8.16. The zero-order valence-corrected chi connectivity index (χ0v) is 12.7. The largest absolute Gasteiger partial charge is 0.467 e. The molecule has 0 saturated heterocycles. The number of fused-ring (bicyclic) bond motifs is 1. The van der Waals surface area contributed by atoms with Crippen molar-refractivity contribution in [1.82, 2.24) is 5.32 Å².